The van der Waals surface area contributed by atoms with Gasteiger partial charge in [0.15, 0.2) is 11.5 Å². The number of nitrogens with one attached hydrogen (secondary N) is 1. The van der Waals surface area contributed by atoms with Crippen LogP contribution in [0.2, 0.25) is 5.02 Å². The van der Waals surface area contributed by atoms with Gasteiger partial charge in [0.2, 0.25) is 0 Å². The van der Waals surface area contributed by atoms with Gasteiger partial charge in [0, 0.05) is 16.7 Å². The van der Waals surface area contributed by atoms with E-state index in [1.807, 2.05) is 6.92 Å². The number of sulfonamides is 1. The lowest BCUT2D eigenvalue weighted by Crippen LogP contribution is -2.14. The normalized spacial score (nSPS) is 11.2. The molecule has 0 spiro atoms. The topological polar surface area (TPSA) is 108 Å². The average molecular weight is 451 g/mol. The Labute approximate surface area is 178 Å². The van der Waals surface area contributed by atoms with E-state index in [9.17, 15) is 13.2 Å². The van der Waals surface area contributed by atoms with Crippen molar-refractivity contribution in [3.8, 4) is 17.1 Å². The molecule has 0 fully saturated rings. The highest BCUT2D eigenvalue weighted by Gasteiger charge is 2.23. The third-order valence-electron chi connectivity index (χ3n) is 4.16. The molecule has 0 atom stereocenters. The SMILES string of the molecule is CCOC(=O)c1cc(-c2ccc(OC)c(S(=O)(=O)Nc3ccc(C)c(Cl)c3)c2)on1. The molecule has 0 bridgehead atoms. The molecule has 0 radical (unpaired) electrons. The number of carbonyl (C=O) groups is 1. The third kappa shape index (κ3) is 4.58. The number of carbonyl (C=O) groups excluding carboxylic acids is 1. The largest absolute Gasteiger partial charge is 0.495 e. The van der Waals surface area contributed by atoms with Crippen LogP contribution in [0.1, 0.15) is 23.0 Å². The van der Waals surface area contributed by atoms with Crippen LogP contribution < -0.4 is 9.46 Å². The van der Waals surface area contributed by atoms with Gasteiger partial charge in [-0.15, -0.1) is 0 Å². The molecule has 10 heteroatoms. The molecule has 2 aromatic carbocycles. The first kappa shape index (κ1) is 21.7. The molecule has 3 aromatic rings. The predicted molar refractivity (Wildman–Crippen MR) is 111 cm³/mol. The van der Waals surface area contributed by atoms with E-state index < -0.39 is 16.0 Å². The molecular formula is C20H19ClN2O6S. The Bertz CT molecular complexity index is 1190. The van der Waals surface area contributed by atoms with Gasteiger partial charge in [-0.05, 0) is 49.7 Å². The second-order valence-corrected chi connectivity index (χ2v) is 8.29. The van der Waals surface area contributed by atoms with E-state index in [1.165, 1.54) is 31.4 Å². The van der Waals surface area contributed by atoms with Gasteiger partial charge in [0.05, 0.1) is 19.4 Å². The summed E-state index contributed by atoms with van der Waals surface area (Å²) in [4.78, 5) is 11.7. The number of aromatic nitrogens is 1. The van der Waals surface area contributed by atoms with Crippen LogP contribution in [0.15, 0.2) is 51.9 Å². The van der Waals surface area contributed by atoms with Crippen LogP contribution in [0.3, 0.4) is 0 Å². The first-order valence-corrected chi connectivity index (χ1v) is 10.7. The molecule has 1 aromatic heterocycles. The van der Waals surface area contributed by atoms with E-state index in [2.05, 4.69) is 9.88 Å². The second kappa shape index (κ2) is 8.76. The molecule has 30 heavy (non-hydrogen) atoms. The van der Waals surface area contributed by atoms with Gasteiger partial charge in [-0.2, -0.15) is 0 Å². The highest BCUT2D eigenvalue weighted by Crippen LogP contribution is 2.32. The summed E-state index contributed by atoms with van der Waals surface area (Å²) in [5.74, 6) is -0.295. The maximum atomic E-state index is 13.0. The Kier molecular flexibility index (Phi) is 6.33. The standard InChI is InChI=1S/C20H19ClN2O6S/c1-4-28-20(24)16-11-18(29-22-16)13-6-8-17(27-3)19(9-13)30(25,26)23-14-7-5-12(2)15(21)10-14/h5-11,23H,4H2,1-3H3. The lowest BCUT2D eigenvalue weighted by Gasteiger charge is -2.13. The zero-order valence-corrected chi connectivity index (χ0v) is 18.0. The van der Waals surface area contributed by atoms with E-state index in [0.29, 0.717) is 16.3 Å². The molecule has 1 N–H and O–H groups in total. The molecule has 0 aliphatic rings. The van der Waals surface area contributed by atoms with E-state index in [4.69, 9.17) is 25.6 Å². The zero-order chi connectivity index (χ0) is 21.9. The molecule has 158 valence electrons. The van der Waals surface area contributed by atoms with Gasteiger partial charge in [-0.1, -0.05) is 22.8 Å². The number of benzene rings is 2. The molecule has 1 heterocycles. The third-order valence-corrected chi connectivity index (χ3v) is 5.97. The number of halogens is 1. The van der Waals surface area contributed by atoms with Crippen molar-refractivity contribution < 1.29 is 27.2 Å². The minimum absolute atomic E-state index is 0.0144. The fraction of sp³-hybridized carbons (Fsp3) is 0.200. The van der Waals surface area contributed by atoms with Crippen molar-refractivity contribution >= 4 is 33.3 Å². The van der Waals surface area contributed by atoms with Gasteiger partial charge < -0.3 is 14.0 Å². The van der Waals surface area contributed by atoms with Gasteiger partial charge in [0.25, 0.3) is 10.0 Å². The molecule has 0 unspecified atom stereocenters. The van der Waals surface area contributed by atoms with Crippen molar-refractivity contribution in [1.29, 1.82) is 0 Å². The van der Waals surface area contributed by atoms with E-state index in [-0.39, 0.29) is 28.7 Å². The lowest BCUT2D eigenvalue weighted by molar-refractivity contribution is 0.0514. The van der Waals surface area contributed by atoms with Crippen molar-refractivity contribution in [2.24, 2.45) is 0 Å². The highest BCUT2D eigenvalue weighted by atomic mass is 35.5. The number of hydrogen-bond acceptors (Lipinski definition) is 7. The number of aryl methyl sites for hydroxylation is 1. The molecular weight excluding hydrogens is 432 g/mol. The summed E-state index contributed by atoms with van der Waals surface area (Å²) >= 11 is 6.09. The summed E-state index contributed by atoms with van der Waals surface area (Å²) < 4.78 is 43.8. The summed E-state index contributed by atoms with van der Waals surface area (Å²) in [5.41, 5.74) is 1.50. The van der Waals surface area contributed by atoms with Crippen molar-refractivity contribution in [2.75, 3.05) is 18.4 Å². The van der Waals surface area contributed by atoms with Crippen molar-refractivity contribution in [1.82, 2.24) is 5.16 Å². The fourth-order valence-electron chi connectivity index (χ4n) is 2.62. The van der Waals surface area contributed by atoms with Crippen LogP contribution in [0, 0.1) is 6.92 Å². The molecule has 0 saturated carbocycles. The Morgan fingerprint density at radius 1 is 1.20 bits per heavy atom. The Morgan fingerprint density at radius 2 is 1.97 bits per heavy atom. The number of ether oxygens (including phenoxy) is 2. The van der Waals surface area contributed by atoms with E-state index >= 15 is 0 Å². The number of esters is 1. The molecule has 3 rings (SSSR count). The lowest BCUT2D eigenvalue weighted by atomic mass is 10.1. The zero-order valence-electron chi connectivity index (χ0n) is 16.4. The summed E-state index contributed by atoms with van der Waals surface area (Å²) in [6.07, 6.45) is 0. The number of anilines is 1. The number of rotatable bonds is 7. The molecule has 0 amide bonds. The van der Waals surface area contributed by atoms with Crippen LogP contribution in [0.25, 0.3) is 11.3 Å². The van der Waals surface area contributed by atoms with E-state index in [0.717, 1.165) is 5.56 Å². The predicted octanol–water partition coefficient (Wildman–Crippen LogP) is 4.29. The van der Waals surface area contributed by atoms with Crippen molar-refractivity contribution in [3.05, 3.63) is 58.7 Å². The highest BCUT2D eigenvalue weighted by molar-refractivity contribution is 7.92. The summed E-state index contributed by atoms with van der Waals surface area (Å²) in [5, 5.41) is 4.11. The monoisotopic (exact) mass is 450 g/mol. The molecule has 0 saturated heterocycles. The number of hydrogen-bond donors (Lipinski definition) is 1. The Balaban J connectivity index is 1.98. The van der Waals surface area contributed by atoms with Crippen LogP contribution in [-0.4, -0.2) is 33.3 Å². The first-order valence-electron chi connectivity index (χ1n) is 8.86. The van der Waals surface area contributed by atoms with Gasteiger partial charge in [0.1, 0.15) is 10.6 Å². The van der Waals surface area contributed by atoms with Crippen LogP contribution in [0.5, 0.6) is 5.75 Å². The average Bonchev–Trinajstić information content (AvgIpc) is 3.20. The Hall–Kier alpha value is -3.04. The van der Waals surface area contributed by atoms with Gasteiger partial charge in [-0.25, -0.2) is 13.2 Å². The fourth-order valence-corrected chi connectivity index (χ4v) is 4.05. The Morgan fingerprint density at radius 3 is 2.63 bits per heavy atom. The van der Waals surface area contributed by atoms with Crippen molar-refractivity contribution in [2.45, 2.75) is 18.7 Å². The van der Waals surface area contributed by atoms with Crippen molar-refractivity contribution in [3.63, 3.8) is 0 Å². The summed E-state index contributed by atoms with van der Waals surface area (Å²) in [6, 6.07) is 10.7. The van der Waals surface area contributed by atoms with Crippen LogP contribution in [-0.2, 0) is 14.8 Å². The second-order valence-electron chi connectivity index (χ2n) is 6.23. The first-order chi connectivity index (χ1) is 14.2. The van der Waals surface area contributed by atoms with Crippen LogP contribution in [0.4, 0.5) is 5.69 Å². The maximum Gasteiger partial charge on any atom is 0.360 e. The van der Waals surface area contributed by atoms with Gasteiger partial charge in [-0.3, -0.25) is 4.72 Å². The van der Waals surface area contributed by atoms with Gasteiger partial charge >= 0.3 is 5.97 Å². The molecule has 0 aliphatic heterocycles. The maximum absolute atomic E-state index is 13.0. The molecule has 8 nitrogen and oxygen atoms in total. The van der Waals surface area contributed by atoms with E-state index in [1.54, 1.807) is 25.1 Å². The quantitative estimate of drug-likeness (QED) is 0.535. The summed E-state index contributed by atoms with van der Waals surface area (Å²) in [7, 11) is -2.66. The minimum Gasteiger partial charge on any atom is -0.495 e. The smallest absolute Gasteiger partial charge is 0.360 e. The summed E-state index contributed by atoms with van der Waals surface area (Å²) in [6.45, 7) is 3.68. The number of nitrogens with zero attached hydrogens (tertiary/aromatic N) is 1. The minimum atomic E-state index is -4.02. The molecule has 0 aliphatic carbocycles. The number of methoxy groups -OCH3 is 1. The van der Waals surface area contributed by atoms with Crippen LogP contribution >= 0.6 is 11.6 Å².